The summed E-state index contributed by atoms with van der Waals surface area (Å²) in [6.07, 6.45) is 8.39. The SMILES string of the molecule is CC(C)(CCl)Cc1ccn(C2CCCC2)n1. The van der Waals surface area contributed by atoms with Crippen LogP contribution in [0, 0.1) is 5.41 Å². The number of rotatable bonds is 4. The first-order chi connectivity index (χ1) is 7.61. The van der Waals surface area contributed by atoms with Crippen molar-refractivity contribution >= 4 is 11.6 Å². The molecular weight excluding hydrogens is 220 g/mol. The van der Waals surface area contributed by atoms with E-state index in [1.165, 1.54) is 31.4 Å². The summed E-state index contributed by atoms with van der Waals surface area (Å²) in [4.78, 5) is 0. The molecule has 0 aliphatic heterocycles. The monoisotopic (exact) mass is 240 g/mol. The van der Waals surface area contributed by atoms with E-state index >= 15 is 0 Å². The lowest BCUT2D eigenvalue weighted by Crippen LogP contribution is -2.17. The highest BCUT2D eigenvalue weighted by Crippen LogP contribution is 2.29. The minimum Gasteiger partial charge on any atom is -0.269 e. The Hall–Kier alpha value is -0.500. The highest BCUT2D eigenvalue weighted by Gasteiger charge is 2.21. The van der Waals surface area contributed by atoms with E-state index in [1.807, 2.05) is 0 Å². The van der Waals surface area contributed by atoms with Gasteiger partial charge in [-0.05, 0) is 30.7 Å². The molecule has 1 aromatic rings. The molecule has 2 nitrogen and oxygen atoms in total. The smallest absolute Gasteiger partial charge is 0.0630 e. The first-order valence-electron chi connectivity index (χ1n) is 6.21. The van der Waals surface area contributed by atoms with Crippen molar-refractivity contribution in [1.82, 2.24) is 9.78 Å². The van der Waals surface area contributed by atoms with Gasteiger partial charge in [0.2, 0.25) is 0 Å². The van der Waals surface area contributed by atoms with Crippen molar-refractivity contribution in [3.63, 3.8) is 0 Å². The van der Waals surface area contributed by atoms with Crippen LogP contribution in [-0.2, 0) is 6.42 Å². The van der Waals surface area contributed by atoms with Crippen LogP contribution in [0.4, 0.5) is 0 Å². The first kappa shape index (κ1) is 12.0. The molecule has 0 atom stereocenters. The Morgan fingerprint density at radius 3 is 2.75 bits per heavy atom. The molecule has 1 aliphatic carbocycles. The Labute approximate surface area is 103 Å². The van der Waals surface area contributed by atoms with E-state index in [-0.39, 0.29) is 5.41 Å². The van der Waals surface area contributed by atoms with E-state index in [0.717, 1.165) is 6.42 Å². The van der Waals surface area contributed by atoms with Crippen LogP contribution in [0.2, 0.25) is 0 Å². The lowest BCUT2D eigenvalue weighted by atomic mass is 9.90. The van der Waals surface area contributed by atoms with Crippen LogP contribution in [0.15, 0.2) is 12.3 Å². The molecule has 0 unspecified atom stereocenters. The maximum atomic E-state index is 5.94. The van der Waals surface area contributed by atoms with Gasteiger partial charge in [0, 0.05) is 12.1 Å². The van der Waals surface area contributed by atoms with Crippen LogP contribution in [-0.4, -0.2) is 15.7 Å². The third-order valence-electron chi connectivity index (χ3n) is 3.38. The molecule has 1 aromatic heterocycles. The maximum absolute atomic E-state index is 5.94. The second kappa shape index (κ2) is 4.79. The van der Waals surface area contributed by atoms with Gasteiger partial charge in [-0.1, -0.05) is 26.7 Å². The van der Waals surface area contributed by atoms with Crippen molar-refractivity contribution in [2.24, 2.45) is 5.41 Å². The highest BCUT2D eigenvalue weighted by molar-refractivity contribution is 6.18. The van der Waals surface area contributed by atoms with Crippen molar-refractivity contribution < 1.29 is 0 Å². The number of hydrogen-bond donors (Lipinski definition) is 0. The Morgan fingerprint density at radius 2 is 2.12 bits per heavy atom. The second-order valence-electron chi connectivity index (χ2n) is 5.70. The van der Waals surface area contributed by atoms with E-state index < -0.39 is 0 Å². The summed E-state index contributed by atoms with van der Waals surface area (Å²) >= 11 is 5.94. The fraction of sp³-hybridized carbons (Fsp3) is 0.769. The minimum atomic E-state index is 0.149. The summed E-state index contributed by atoms with van der Waals surface area (Å²) in [5.41, 5.74) is 1.33. The van der Waals surface area contributed by atoms with Gasteiger partial charge in [-0.15, -0.1) is 11.6 Å². The third-order valence-corrected chi connectivity index (χ3v) is 4.11. The molecule has 0 radical (unpaired) electrons. The van der Waals surface area contributed by atoms with E-state index in [2.05, 4.69) is 35.9 Å². The fourth-order valence-corrected chi connectivity index (χ4v) is 2.48. The number of hydrogen-bond acceptors (Lipinski definition) is 1. The average Bonchev–Trinajstić information content (AvgIpc) is 2.86. The lowest BCUT2D eigenvalue weighted by molar-refractivity contribution is 0.402. The van der Waals surface area contributed by atoms with E-state index in [0.29, 0.717) is 11.9 Å². The minimum absolute atomic E-state index is 0.149. The zero-order valence-electron chi connectivity index (χ0n) is 10.2. The fourth-order valence-electron chi connectivity index (χ4n) is 2.38. The first-order valence-corrected chi connectivity index (χ1v) is 6.74. The normalized spacial score (nSPS) is 18.2. The maximum Gasteiger partial charge on any atom is 0.0630 e. The molecule has 0 aromatic carbocycles. The van der Waals surface area contributed by atoms with Crippen LogP contribution in [0.25, 0.3) is 0 Å². The number of aromatic nitrogens is 2. The molecule has 0 N–H and O–H groups in total. The molecule has 0 bridgehead atoms. The summed E-state index contributed by atoms with van der Waals surface area (Å²) in [5, 5.41) is 4.68. The molecule has 1 heterocycles. The Morgan fingerprint density at radius 1 is 1.44 bits per heavy atom. The van der Waals surface area contributed by atoms with Crippen LogP contribution < -0.4 is 0 Å². The van der Waals surface area contributed by atoms with Gasteiger partial charge in [-0.3, -0.25) is 4.68 Å². The van der Waals surface area contributed by atoms with Gasteiger partial charge in [0.15, 0.2) is 0 Å². The Kier molecular flexibility index (Phi) is 3.58. The lowest BCUT2D eigenvalue weighted by Gasteiger charge is -2.19. The van der Waals surface area contributed by atoms with Crippen LogP contribution in [0.1, 0.15) is 51.3 Å². The molecule has 0 amide bonds. The molecule has 90 valence electrons. The molecule has 0 saturated heterocycles. The van der Waals surface area contributed by atoms with Crippen molar-refractivity contribution in [2.75, 3.05) is 5.88 Å². The van der Waals surface area contributed by atoms with Gasteiger partial charge in [0.1, 0.15) is 0 Å². The van der Waals surface area contributed by atoms with E-state index in [4.69, 9.17) is 11.6 Å². The van der Waals surface area contributed by atoms with E-state index in [9.17, 15) is 0 Å². The zero-order chi connectivity index (χ0) is 11.6. The molecule has 16 heavy (non-hydrogen) atoms. The van der Waals surface area contributed by atoms with Crippen LogP contribution in [0.3, 0.4) is 0 Å². The molecule has 3 heteroatoms. The number of halogens is 1. The van der Waals surface area contributed by atoms with Gasteiger partial charge in [-0.2, -0.15) is 5.10 Å². The van der Waals surface area contributed by atoms with Gasteiger partial charge < -0.3 is 0 Å². The summed E-state index contributed by atoms with van der Waals surface area (Å²) < 4.78 is 2.16. The van der Waals surface area contributed by atoms with E-state index in [1.54, 1.807) is 0 Å². The van der Waals surface area contributed by atoms with Gasteiger partial charge in [0.25, 0.3) is 0 Å². The summed E-state index contributed by atoms with van der Waals surface area (Å²) in [5.74, 6) is 0.684. The largest absolute Gasteiger partial charge is 0.269 e. The molecule has 2 rings (SSSR count). The summed E-state index contributed by atoms with van der Waals surface area (Å²) in [6.45, 7) is 4.38. The quantitative estimate of drug-likeness (QED) is 0.732. The molecule has 1 aliphatic rings. The standard InChI is InChI=1S/C13H21ClN2/c1-13(2,10-14)9-11-7-8-16(15-11)12-5-3-4-6-12/h7-8,12H,3-6,9-10H2,1-2H3. The Balaban J connectivity index is 2.01. The molecule has 1 saturated carbocycles. The molecular formula is C13H21ClN2. The number of alkyl halides is 1. The topological polar surface area (TPSA) is 17.8 Å². The third kappa shape index (κ3) is 2.79. The predicted octanol–water partition coefficient (Wildman–Crippen LogP) is 3.81. The molecule has 0 spiro atoms. The zero-order valence-corrected chi connectivity index (χ0v) is 11.0. The van der Waals surface area contributed by atoms with Crippen molar-refractivity contribution in [1.29, 1.82) is 0 Å². The van der Waals surface area contributed by atoms with Crippen LogP contribution in [0.5, 0.6) is 0 Å². The van der Waals surface area contributed by atoms with Gasteiger partial charge >= 0.3 is 0 Å². The van der Waals surface area contributed by atoms with Crippen molar-refractivity contribution in [2.45, 2.75) is 52.0 Å². The highest BCUT2D eigenvalue weighted by atomic mass is 35.5. The second-order valence-corrected chi connectivity index (χ2v) is 5.97. The average molecular weight is 241 g/mol. The van der Waals surface area contributed by atoms with Crippen LogP contribution >= 0.6 is 11.6 Å². The Bertz CT molecular complexity index is 337. The molecule has 1 fully saturated rings. The summed E-state index contributed by atoms with van der Waals surface area (Å²) in [6, 6.07) is 2.79. The van der Waals surface area contributed by atoms with Gasteiger partial charge in [-0.25, -0.2) is 0 Å². The predicted molar refractivity (Wildman–Crippen MR) is 67.9 cm³/mol. The van der Waals surface area contributed by atoms with Gasteiger partial charge in [0.05, 0.1) is 11.7 Å². The summed E-state index contributed by atoms with van der Waals surface area (Å²) in [7, 11) is 0. The number of nitrogens with zero attached hydrogens (tertiary/aromatic N) is 2. The van der Waals surface area contributed by atoms with Crippen molar-refractivity contribution in [3.8, 4) is 0 Å². The van der Waals surface area contributed by atoms with Crippen molar-refractivity contribution in [3.05, 3.63) is 18.0 Å².